The normalized spacial score (nSPS) is 36.1. The molecular formula is C12H18N4S. The smallest absolute Gasteiger partial charge is 0.202 e. The van der Waals surface area contributed by atoms with Crippen LogP contribution >= 0.6 is 11.5 Å². The van der Waals surface area contributed by atoms with Crippen molar-refractivity contribution in [3.63, 3.8) is 0 Å². The standard InChI is InChI=1S/C12H18N4S/c1-2-9(1)11-14-12(17-15-11)13-10-7-16-5-3-8(10)4-6-16/h8-10H,1-7H2,(H,13,14,15). The van der Waals surface area contributed by atoms with Crippen molar-refractivity contribution in [2.75, 3.05) is 25.0 Å². The van der Waals surface area contributed by atoms with Gasteiger partial charge < -0.3 is 10.2 Å². The van der Waals surface area contributed by atoms with Gasteiger partial charge in [0.1, 0.15) is 5.82 Å². The molecule has 4 heterocycles. The van der Waals surface area contributed by atoms with Gasteiger partial charge in [0.2, 0.25) is 5.13 Å². The Labute approximate surface area is 106 Å². The Hall–Kier alpha value is -0.680. The summed E-state index contributed by atoms with van der Waals surface area (Å²) in [6, 6.07) is 0.609. The van der Waals surface area contributed by atoms with Gasteiger partial charge in [-0.1, -0.05) is 0 Å². The van der Waals surface area contributed by atoms with Crippen LogP contribution in [0.25, 0.3) is 0 Å². The highest BCUT2D eigenvalue weighted by Crippen LogP contribution is 2.39. The van der Waals surface area contributed by atoms with Crippen molar-refractivity contribution in [1.82, 2.24) is 14.3 Å². The van der Waals surface area contributed by atoms with Crippen molar-refractivity contribution in [3.05, 3.63) is 5.82 Å². The highest BCUT2D eigenvalue weighted by Gasteiger charge is 2.35. The van der Waals surface area contributed by atoms with E-state index in [9.17, 15) is 0 Å². The first-order valence-electron chi connectivity index (χ1n) is 6.71. The molecule has 3 saturated heterocycles. The summed E-state index contributed by atoms with van der Waals surface area (Å²) >= 11 is 1.55. The Morgan fingerprint density at radius 2 is 2.00 bits per heavy atom. The fraction of sp³-hybridized carbons (Fsp3) is 0.833. The number of aromatic nitrogens is 2. The third-order valence-electron chi connectivity index (χ3n) is 4.35. The Bertz CT molecular complexity index is 406. The lowest BCUT2D eigenvalue weighted by atomic mass is 9.84. The van der Waals surface area contributed by atoms with Gasteiger partial charge in [-0.3, -0.25) is 0 Å². The maximum absolute atomic E-state index is 4.63. The molecule has 4 aliphatic rings. The first-order valence-corrected chi connectivity index (χ1v) is 7.48. The van der Waals surface area contributed by atoms with Crippen LogP contribution in [0.1, 0.15) is 37.4 Å². The molecule has 0 aromatic carbocycles. The predicted molar refractivity (Wildman–Crippen MR) is 68.5 cm³/mol. The molecule has 4 fully saturated rings. The molecule has 2 bridgehead atoms. The minimum Gasteiger partial charge on any atom is -0.356 e. The van der Waals surface area contributed by atoms with Gasteiger partial charge in [0, 0.05) is 30.0 Å². The predicted octanol–water partition coefficient (Wildman–Crippen LogP) is 1.92. The number of hydrogen-bond acceptors (Lipinski definition) is 5. The van der Waals surface area contributed by atoms with Crippen molar-refractivity contribution in [3.8, 4) is 0 Å². The van der Waals surface area contributed by atoms with E-state index in [1.165, 1.54) is 45.3 Å². The van der Waals surface area contributed by atoms with E-state index in [1.807, 2.05) is 0 Å². The van der Waals surface area contributed by atoms with Gasteiger partial charge in [0.05, 0.1) is 0 Å². The molecule has 0 radical (unpaired) electrons. The zero-order valence-electron chi connectivity index (χ0n) is 9.93. The van der Waals surface area contributed by atoms with Crippen molar-refractivity contribution in [2.45, 2.75) is 37.6 Å². The van der Waals surface area contributed by atoms with Crippen LogP contribution < -0.4 is 5.32 Å². The first-order chi connectivity index (χ1) is 8.38. The highest BCUT2D eigenvalue weighted by atomic mass is 32.1. The summed E-state index contributed by atoms with van der Waals surface area (Å²) < 4.78 is 4.46. The fourth-order valence-corrected chi connectivity index (χ4v) is 3.80. The molecule has 92 valence electrons. The van der Waals surface area contributed by atoms with Gasteiger partial charge in [-0.25, -0.2) is 4.98 Å². The summed E-state index contributed by atoms with van der Waals surface area (Å²) in [4.78, 5) is 7.20. The summed E-state index contributed by atoms with van der Waals surface area (Å²) in [5.74, 6) is 2.61. The van der Waals surface area contributed by atoms with Gasteiger partial charge >= 0.3 is 0 Å². The van der Waals surface area contributed by atoms with Gasteiger partial charge in [-0.2, -0.15) is 4.37 Å². The molecule has 1 unspecified atom stereocenters. The van der Waals surface area contributed by atoms with Crippen LogP contribution in [0.4, 0.5) is 5.13 Å². The second-order valence-electron chi connectivity index (χ2n) is 5.62. The van der Waals surface area contributed by atoms with Gasteiger partial charge in [0.15, 0.2) is 0 Å². The number of rotatable bonds is 3. The third-order valence-corrected chi connectivity index (χ3v) is 5.01. The van der Waals surface area contributed by atoms with E-state index in [2.05, 4.69) is 19.6 Å². The first kappa shape index (κ1) is 10.3. The maximum Gasteiger partial charge on any atom is 0.202 e. The minimum absolute atomic E-state index is 0.609. The highest BCUT2D eigenvalue weighted by molar-refractivity contribution is 7.09. The number of nitrogens with one attached hydrogen (secondary N) is 1. The molecule has 17 heavy (non-hydrogen) atoms. The summed E-state index contributed by atoms with van der Waals surface area (Å²) in [6.07, 6.45) is 5.28. The van der Waals surface area contributed by atoms with E-state index in [-0.39, 0.29) is 0 Å². The molecule has 1 saturated carbocycles. The average Bonchev–Trinajstić information content (AvgIpc) is 3.12. The topological polar surface area (TPSA) is 41.1 Å². The second kappa shape index (κ2) is 3.92. The molecule has 1 aromatic heterocycles. The van der Waals surface area contributed by atoms with Crippen molar-refractivity contribution in [2.24, 2.45) is 5.92 Å². The Morgan fingerprint density at radius 3 is 2.65 bits per heavy atom. The van der Waals surface area contributed by atoms with E-state index in [4.69, 9.17) is 0 Å². The monoisotopic (exact) mass is 250 g/mol. The number of fused-ring (bicyclic) bond motifs is 3. The van der Waals surface area contributed by atoms with E-state index in [1.54, 1.807) is 11.5 Å². The van der Waals surface area contributed by atoms with Crippen molar-refractivity contribution < 1.29 is 0 Å². The summed E-state index contributed by atoms with van der Waals surface area (Å²) in [7, 11) is 0. The number of piperidine rings is 3. The fourth-order valence-electron chi connectivity index (χ4n) is 3.09. The molecule has 4 nitrogen and oxygen atoms in total. The number of nitrogens with zero attached hydrogens (tertiary/aromatic N) is 3. The number of hydrogen-bond donors (Lipinski definition) is 1. The molecule has 5 rings (SSSR count). The largest absolute Gasteiger partial charge is 0.356 e. The Kier molecular flexibility index (Phi) is 2.36. The van der Waals surface area contributed by atoms with E-state index in [0.717, 1.165) is 16.9 Å². The maximum atomic E-state index is 4.63. The summed E-state index contributed by atoms with van der Waals surface area (Å²) in [5, 5.41) is 4.67. The average molecular weight is 250 g/mol. The zero-order chi connectivity index (χ0) is 11.2. The molecule has 1 atom stereocenters. The lowest BCUT2D eigenvalue weighted by molar-refractivity contribution is 0.0975. The van der Waals surface area contributed by atoms with Crippen molar-refractivity contribution >= 4 is 16.7 Å². The van der Waals surface area contributed by atoms with E-state index < -0.39 is 0 Å². The molecule has 1 N–H and O–H groups in total. The molecule has 1 aromatic rings. The minimum atomic E-state index is 0.609. The van der Waals surface area contributed by atoms with Gasteiger partial charge in [0.25, 0.3) is 0 Å². The third kappa shape index (κ3) is 1.95. The Balaban J connectivity index is 1.45. The second-order valence-corrected chi connectivity index (χ2v) is 6.37. The molecule has 0 amide bonds. The molecule has 1 aliphatic carbocycles. The molecule has 3 aliphatic heterocycles. The quantitative estimate of drug-likeness (QED) is 0.890. The van der Waals surface area contributed by atoms with Crippen LogP contribution in [0.2, 0.25) is 0 Å². The molecule has 0 spiro atoms. The van der Waals surface area contributed by atoms with Crippen LogP contribution in [0.5, 0.6) is 0 Å². The number of anilines is 1. The van der Waals surface area contributed by atoms with Crippen LogP contribution in [-0.2, 0) is 0 Å². The summed E-state index contributed by atoms with van der Waals surface area (Å²) in [5.41, 5.74) is 0. The van der Waals surface area contributed by atoms with E-state index in [0.29, 0.717) is 12.0 Å². The lowest BCUT2D eigenvalue weighted by Crippen LogP contribution is -2.53. The molecule has 5 heteroatoms. The molecular weight excluding hydrogens is 232 g/mol. The van der Waals surface area contributed by atoms with Crippen molar-refractivity contribution in [1.29, 1.82) is 0 Å². The van der Waals surface area contributed by atoms with Crippen LogP contribution in [0.3, 0.4) is 0 Å². The van der Waals surface area contributed by atoms with E-state index >= 15 is 0 Å². The van der Waals surface area contributed by atoms with Crippen LogP contribution in [0, 0.1) is 5.92 Å². The Morgan fingerprint density at radius 1 is 1.18 bits per heavy atom. The van der Waals surface area contributed by atoms with Gasteiger partial charge in [-0.05, 0) is 44.7 Å². The van der Waals surface area contributed by atoms with Gasteiger partial charge in [-0.15, -0.1) is 0 Å². The van der Waals surface area contributed by atoms with Crippen LogP contribution in [-0.4, -0.2) is 39.9 Å². The lowest BCUT2D eigenvalue weighted by Gasteiger charge is -2.44. The van der Waals surface area contributed by atoms with Crippen LogP contribution in [0.15, 0.2) is 0 Å². The summed E-state index contributed by atoms with van der Waals surface area (Å²) in [6.45, 7) is 3.79. The zero-order valence-corrected chi connectivity index (χ0v) is 10.7. The SMILES string of the molecule is C1CC1c1nsc(NC2CN3CCC2CC3)n1.